The highest BCUT2D eigenvalue weighted by Gasteiger charge is 2.27. The van der Waals surface area contributed by atoms with Crippen molar-refractivity contribution in [1.29, 1.82) is 0 Å². The molecule has 0 aliphatic heterocycles. The van der Waals surface area contributed by atoms with E-state index in [1.165, 1.54) is 0 Å². The molecule has 1 N–H and O–H groups in total. The van der Waals surface area contributed by atoms with Crippen LogP contribution in [0, 0.1) is 5.92 Å². The lowest BCUT2D eigenvalue weighted by Crippen LogP contribution is -2.24. The number of imidazole rings is 1. The average Bonchev–Trinajstić information content (AvgIpc) is 2.71. The second-order valence-electron chi connectivity index (χ2n) is 3.87. The molecule has 14 heavy (non-hydrogen) atoms. The van der Waals surface area contributed by atoms with E-state index in [2.05, 4.69) is 4.98 Å². The predicted octanol–water partition coefficient (Wildman–Crippen LogP) is 1.70. The number of rotatable bonds is 2. The van der Waals surface area contributed by atoms with Gasteiger partial charge in [-0.15, -0.1) is 0 Å². The van der Waals surface area contributed by atoms with Gasteiger partial charge in [0.2, 0.25) is 0 Å². The van der Waals surface area contributed by atoms with Gasteiger partial charge in [0.25, 0.3) is 0 Å². The maximum absolute atomic E-state index is 10.8. The summed E-state index contributed by atoms with van der Waals surface area (Å²) in [7, 11) is 0. The zero-order chi connectivity index (χ0) is 9.97. The SMILES string of the molecule is O=C(O)C1CCCC(n2ccnc2)C1. The fraction of sp³-hybridized carbons (Fsp3) is 0.600. The first kappa shape index (κ1) is 9.24. The van der Waals surface area contributed by atoms with E-state index in [9.17, 15) is 4.79 Å². The maximum atomic E-state index is 10.8. The van der Waals surface area contributed by atoms with E-state index >= 15 is 0 Å². The van der Waals surface area contributed by atoms with Gasteiger partial charge in [-0.05, 0) is 19.3 Å². The van der Waals surface area contributed by atoms with Crippen LogP contribution in [0.25, 0.3) is 0 Å². The van der Waals surface area contributed by atoms with Crippen molar-refractivity contribution in [2.24, 2.45) is 5.92 Å². The van der Waals surface area contributed by atoms with Gasteiger partial charge in [0.05, 0.1) is 12.2 Å². The van der Waals surface area contributed by atoms with Gasteiger partial charge in [0, 0.05) is 18.4 Å². The minimum absolute atomic E-state index is 0.170. The average molecular weight is 194 g/mol. The third kappa shape index (κ3) is 1.78. The van der Waals surface area contributed by atoms with Crippen LogP contribution in [-0.4, -0.2) is 20.6 Å². The smallest absolute Gasteiger partial charge is 0.306 e. The normalized spacial score (nSPS) is 27.4. The molecule has 0 radical (unpaired) electrons. The van der Waals surface area contributed by atoms with E-state index in [1.54, 1.807) is 12.5 Å². The Bertz CT molecular complexity index is 308. The highest BCUT2D eigenvalue weighted by atomic mass is 16.4. The van der Waals surface area contributed by atoms with Gasteiger partial charge in [-0.3, -0.25) is 4.79 Å². The lowest BCUT2D eigenvalue weighted by atomic mass is 9.86. The molecular weight excluding hydrogens is 180 g/mol. The van der Waals surface area contributed by atoms with E-state index in [4.69, 9.17) is 5.11 Å². The van der Waals surface area contributed by atoms with Gasteiger partial charge < -0.3 is 9.67 Å². The number of carboxylic acids is 1. The standard InChI is InChI=1S/C10H14N2O2/c13-10(14)8-2-1-3-9(6-8)12-5-4-11-7-12/h4-5,7-9H,1-3,6H2,(H,13,14). The lowest BCUT2D eigenvalue weighted by Gasteiger charge is -2.27. The predicted molar refractivity (Wildman–Crippen MR) is 50.9 cm³/mol. The third-order valence-electron chi connectivity index (χ3n) is 2.94. The minimum Gasteiger partial charge on any atom is -0.481 e. The van der Waals surface area contributed by atoms with Crippen LogP contribution in [0.2, 0.25) is 0 Å². The zero-order valence-corrected chi connectivity index (χ0v) is 7.97. The van der Waals surface area contributed by atoms with E-state index in [-0.39, 0.29) is 5.92 Å². The Balaban J connectivity index is 2.04. The van der Waals surface area contributed by atoms with Crippen LogP contribution >= 0.6 is 0 Å². The van der Waals surface area contributed by atoms with Crippen LogP contribution in [0.15, 0.2) is 18.7 Å². The monoisotopic (exact) mass is 194 g/mol. The van der Waals surface area contributed by atoms with Crippen molar-refractivity contribution in [2.75, 3.05) is 0 Å². The van der Waals surface area contributed by atoms with Crippen molar-refractivity contribution in [1.82, 2.24) is 9.55 Å². The summed E-state index contributed by atoms with van der Waals surface area (Å²) < 4.78 is 2.02. The Kier molecular flexibility index (Phi) is 2.52. The molecule has 2 rings (SSSR count). The molecule has 1 aliphatic carbocycles. The van der Waals surface area contributed by atoms with Crippen molar-refractivity contribution in [3.63, 3.8) is 0 Å². The van der Waals surface area contributed by atoms with Crippen molar-refractivity contribution in [3.05, 3.63) is 18.7 Å². The summed E-state index contributed by atoms with van der Waals surface area (Å²) in [5, 5.41) is 8.93. The van der Waals surface area contributed by atoms with Gasteiger partial charge in [-0.25, -0.2) is 4.98 Å². The quantitative estimate of drug-likeness (QED) is 0.779. The largest absolute Gasteiger partial charge is 0.481 e. The number of hydrogen-bond acceptors (Lipinski definition) is 2. The first-order chi connectivity index (χ1) is 6.77. The number of aromatic nitrogens is 2. The Labute approximate surface area is 82.6 Å². The van der Waals surface area contributed by atoms with Crippen molar-refractivity contribution in [3.8, 4) is 0 Å². The fourth-order valence-corrected chi connectivity index (χ4v) is 2.14. The highest BCUT2D eigenvalue weighted by Crippen LogP contribution is 2.32. The molecule has 1 aromatic rings. The number of aliphatic carboxylic acids is 1. The molecule has 76 valence electrons. The minimum atomic E-state index is -0.658. The van der Waals surface area contributed by atoms with Gasteiger partial charge >= 0.3 is 5.97 Å². The van der Waals surface area contributed by atoms with Crippen molar-refractivity contribution in [2.45, 2.75) is 31.7 Å². The molecule has 2 atom stereocenters. The number of carboxylic acid groups (broad SMARTS) is 1. The highest BCUT2D eigenvalue weighted by molar-refractivity contribution is 5.70. The Morgan fingerprint density at radius 3 is 3.00 bits per heavy atom. The summed E-state index contributed by atoms with van der Waals surface area (Å²) in [6.45, 7) is 0. The molecule has 4 nitrogen and oxygen atoms in total. The summed E-state index contributed by atoms with van der Waals surface area (Å²) >= 11 is 0. The first-order valence-corrected chi connectivity index (χ1v) is 4.97. The van der Waals surface area contributed by atoms with E-state index in [1.807, 2.05) is 10.8 Å². The molecule has 0 spiro atoms. The molecule has 1 heterocycles. The molecule has 0 bridgehead atoms. The van der Waals surface area contributed by atoms with Gasteiger partial charge in [-0.2, -0.15) is 0 Å². The van der Waals surface area contributed by atoms with Gasteiger partial charge in [-0.1, -0.05) is 6.42 Å². The lowest BCUT2D eigenvalue weighted by molar-refractivity contribution is -0.143. The number of carbonyl (C=O) groups is 1. The fourth-order valence-electron chi connectivity index (χ4n) is 2.14. The summed E-state index contributed by atoms with van der Waals surface area (Å²) in [5.74, 6) is -0.828. The second kappa shape index (κ2) is 3.82. The summed E-state index contributed by atoms with van der Waals surface area (Å²) in [4.78, 5) is 14.8. The van der Waals surface area contributed by atoms with Crippen LogP contribution in [0.4, 0.5) is 0 Å². The van der Waals surface area contributed by atoms with Gasteiger partial charge in [0.1, 0.15) is 0 Å². The molecule has 4 heteroatoms. The van der Waals surface area contributed by atoms with Crippen LogP contribution in [-0.2, 0) is 4.79 Å². The molecule has 1 fully saturated rings. The molecule has 0 saturated heterocycles. The van der Waals surface area contributed by atoms with E-state index < -0.39 is 5.97 Å². The maximum Gasteiger partial charge on any atom is 0.306 e. The second-order valence-corrected chi connectivity index (χ2v) is 3.87. The summed E-state index contributed by atoms with van der Waals surface area (Å²) in [6, 6.07) is 0.326. The molecule has 1 aliphatic rings. The zero-order valence-electron chi connectivity index (χ0n) is 7.97. The Hall–Kier alpha value is -1.32. The summed E-state index contributed by atoms with van der Waals surface area (Å²) in [5.41, 5.74) is 0. The number of hydrogen-bond donors (Lipinski definition) is 1. The molecular formula is C10H14N2O2. The molecule has 1 saturated carbocycles. The van der Waals surface area contributed by atoms with Crippen LogP contribution < -0.4 is 0 Å². The van der Waals surface area contributed by atoms with E-state index in [0.717, 1.165) is 25.7 Å². The topological polar surface area (TPSA) is 55.1 Å². The van der Waals surface area contributed by atoms with E-state index in [0.29, 0.717) is 6.04 Å². The molecule has 1 aromatic heterocycles. The first-order valence-electron chi connectivity index (χ1n) is 4.97. The van der Waals surface area contributed by atoms with Crippen LogP contribution in [0.3, 0.4) is 0 Å². The van der Waals surface area contributed by atoms with Crippen LogP contribution in [0.1, 0.15) is 31.7 Å². The summed E-state index contributed by atoms with van der Waals surface area (Å²) in [6.07, 6.45) is 9.06. The molecule has 2 unspecified atom stereocenters. The van der Waals surface area contributed by atoms with Crippen LogP contribution in [0.5, 0.6) is 0 Å². The third-order valence-corrected chi connectivity index (χ3v) is 2.94. The van der Waals surface area contributed by atoms with Crippen molar-refractivity contribution < 1.29 is 9.90 Å². The van der Waals surface area contributed by atoms with Crippen molar-refractivity contribution >= 4 is 5.97 Å². The Morgan fingerprint density at radius 1 is 1.50 bits per heavy atom. The number of nitrogens with zero attached hydrogens (tertiary/aromatic N) is 2. The molecule has 0 amide bonds. The Morgan fingerprint density at radius 2 is 2.36 bits per heavy atom. The molecule has 0 aromatic carbocycles. The van der Waals surface area contributed by atoms with Gasteiger partial charge in [0.15, 0.2) is 0 Å².